The van der Waals surface area contributed by atoms with Crippen LogP contribution in [-0.4, -0.2) is 28.1 Å². The Bertz CT molecular complexity index is 283. The Hall–Kier alpha value is -1.25. The molecule has 1 atom stereocenters. The van der Waals surface area contributed by atoms with Gasteiger partial charge in [-0.2, -0.15) is 0 Å². The number of fused-ring (bicyclic) bond motifs is 1. The number of rotatable bonds is 3. The Morgan fingerprint density at radius 3 is 3.15 bits per heavy atom. The second kappa shape index (κ2) is 2.91. The van der Waals surface area contributed by atoms with E-state index in [1.807, 2.05) is 0 Å². The maximum Gasteiger partial charge on any atom is 0.303 e. The van der Waals surface area contributed by atoms with E-state index in [-0.39, 0.29) is 12.0 Å². The zero-order chi connectivity index (χ0) is 9.31. The highest BCUT2D eigenvalue weighted by molar-refractivity contribution is 5.67. The molecule has 2 aliphatic heterocycles. The summed E-state index contributed by atoms with van der Waals surface area (Å²) in [6.07, 6.45) is 10.4. The maximum atomic E-state index is 10.5. The summed E-state index contributed by atoms with van der Waals surface area (Å²) in [4.78, 5) is 12.7. The van der Waals surface area contributed by atoms with Gasteiger partial charge >= 0.3 is 5.97 Å². The molecule has 70 valence electrons. The fourth-order valence-corrected chi connectivity index (χ4v) is 2.09. The standard InChI is InChI=1S/C10H13NO2/c12-9(13)3-6-10-4-1-7-11(10)8-2-5-10/h1-2,4,8H,3,5-7H2,(H,12,13). The highest BCUT2D eigenvalue weighted by Gasteiger charge is 2.37. The Morgan fingerprint density at radius 1 is 1.54 bits per heavy atom. The molecule has 1 N–H and O–H groups in total. The number of aliphatic carboxylic acids is 1. The molecule has 0 aliphatic carbocycles. The number of carbonyl (C=O) groups is 1. The fourth-order valence-electron chi connectivity index (χ4n) is 2.09. The molecule has 2 rings (SSSR count). The summed E-state index contributed by atoms with van der Waals surface area (Å²) in [5.74, 6) is -0.707. The van der Waals surface area contributed by atoms with Crippen LogP contribution < -0.4 is 0 Å². The van der Waals surface area contributed by atoms with E-state index >= 15 is 0 Å². The molecule has 0 fully saturated rings. The first kappa shape index (κ1) is 8.35. The molecule has 0 bridgehead atoms. The molecule has 0 aromatic carbocycles. The minimum absolute atomic E-state index is 0.00160. The molecule has 0 spiro atoms. The molecule has 2 heterocycles. The van der Waals surface area contributed by atoms with E-state index in [1.165, 1.54) is 0 Å². The molecular formula is C10H13NO2. The predicted molar refractivity (Wildman–Crippen MR) is 49.2 cm³/mol. The van der Waals surface area contributed by atoms with Gasteiger partial charge in [0.15, 0.2) is 0 Å². The monoisotopic (exact) mass is 179 g/mol. The lowest BCUT2D eigenvalue weighted by Crippen LogP contribution is -2.37. The maximum absolute atomic E-state index is 10.5. The van der Waals surface area contributed by atoms with Crippen LogP contribution in [0.15, 0.2) is 24.4 Å². The number of nitrogens with zero attached hydrogens (tertiary/aromatic N) is 1. The molecule has 0 saturated heterocycles. The van der Waals surface area contributed by atoms with Gasteiger partial charge in [0, 0.05) is 13.0 Å². The van der Waals surface area contributed by atoms with Crippen molar-refractivity contribution in [1.82, 2.24) is 4.90 Å². The average Bonchev–Trinajstić information content (AvgIpc) is 2.57. The summed E-state index contributed by atoms with van der Waals surface area (Å²) in [7, 11) is 0. The molecule has 1 unspecified atom stereocenters. The van der Waals surface area contributed by atoms with Gasteiger partial charge in [0.2, 0.25) is 0 Å². The van der Waals surface area contributed by atoms with E-state index < -0.39 is 5.97 Å². The van der Waals surface area contributed by atoms with Crippen molar-refractivity contribution in [3.05, 3.63) is 24.4 Å². The van der Waals surface area contributed by atoms with Gasteiger partial charge in [0.1, 0.15) is 0 Å². The Labute approximate surface area is 77.3 Å². The molecular weight excluding hydrogens is 166 g/mol. The molecule has 0 aromatic heterocycles. The van der Waals surface area contributed by atoms with Gasteiger partial charge in [-0.25, -0.2) is 0 Å². The van der Waals surface area contributed by atoms with Crippen LogP contribution in [0.5, 0.6) is 0 Å². The third-order valence-corrected chi connectivity index (χ3v) is 2.83. The van der Waals surface area contributed by atoms with Crippen molar-refractivity contribution in [3.63, 3.8) is 0 Å². The van der Waals surface area contributed by atoms with Crippen LogP contribution in [0.1, 0.15) is 19.3 Å². The van der Waals surface area contributed by atoms with Crippen molar-refractivity contribution in [2.45, 2.75) is 24.8 Å². The molecule has 0 radical (unpaired) electrons. The van der Waals surface area contributed by atoms with Crippen molar-refractivity contribution >= 4 is 5.97 Å². The zero-order valence-electron chi connectivity index (χ0n) is 7.44. The van der Waals surface area contributed by atoms with E-state index in [2.05, 4.69) is 29.3 Å². The van der Waals surface area contributed by atoms with Crippen LogP contribution in [0.2, 0.25) is 0 Å². The lowest BCUT2D eigenvalue weighted by atomic mass is 9.92. The first-order chi connectivity index (χ1) is 6.23. The van der Waals surface area contributed by atoms with Crippen molar-refractivity contribution < 1.29 is 9.90 Å². The first-order valence-electron chi connectivity index (χ1n) is 4.56. The molecule has 3 nitrogen and oxygen atoms in total. The summed E-state index contributed by atoms with van der Waals surface area (Å²) in [6.45, 7) is 0.927. The fraction of sp³-hybridized carbons (Fsp3) is 0.500. The molecule has 0 saturated carbocycles. The van der Waals surface area contributed by atoms with E-state index in [9.17, 15) is 4.79 Å². The third kappa shape index (κ3) is 1.34. The number of carboxylic acid groups (broad SMARTS) is 1. The molecule has 2 aliphatic rings. The Morgan fingerprint density at radius 2 is 2.38 bits per heavy atom. The van der Waals surface area contributed by atoms with Crippen molar-refractivity contribution in [3.8, 4) is 0 Å². The average molecular weight is 179 g/mol. The summed E-state index contributed by atoms with van der Waals surface area (Å²) in [6, 6.07) is 0. The highest BCUT2D eigenvalue weighted by atomic mass is 16.4. The zero-order valence-corrected chi connectivity index (χ0v) is 7.44. The minimum Gasteiger partial charge on any atom is -0.481 e. The van der Waals surface area contributed by atoms with Gasteiger partial charge in [0.25, 0.3) is 0 Å². The summed E-state index contributed by atoms with van der Waals surface area (Å²) < 4.78 is 0. The molecule has 0 aromatic rings. The van der Waals surface area contributed by atoms with Crippen LogP contribution in [-0.2, 0) is 4.79 Å². The van der Waals surface area contributed by atoms with Gasteiger partial charge in [0.05, 0.1) is 5.54 Å². The van der Waals surface area contributed by atoms with Crippen LogP contribution in [0, 0.1) is 0 Å². The van der Waals surface area contributed by atoms with Crippen LogP contribution in [0.4, 0.5) is 0 Å². The number of carboxylic acids is 1. The Kier molecular flexibility index (Phi) is 1.87. The minimum atomic E-state index is -0.707. The second-order valence-electron chi connectivity index (χ2n) is 3.64. The van der Waals surface area contributed by atoms with E-state index in [4.69, 9.17) is 5.11 Å². The third-order valence-electron chi connectivity index (χ3n) is 2.83. The largest absolute Gasteiger partial charge is 0.481 e. The van der Waals surface area contributed by atoms with E-state index in [0.717, 1.165) is 13.0 Å². The lowest BCUT2D eigenvalue weighted by molar-refractivity contribution is -0.137. The van der Waals surface area contributed by atoms with E-state index in [1.54, 1.807) is 0 Å². The predicted octanol–water partition coefficient (Wildman–Crippen LogP) is 1.38. The van der Waals surface area contributed by atoms with Gasteiger partial charge in [-0.05, 0) is 19.0 Å². The quantitative estimate of drug-likeness (QED) is 0.665. The van der Waals surface area contributed by atoms with Crippen molar-refractivity contribution in [1.29, 1.82) is 0 Å². The van der Waals surface area contributed by atoms with Crippen molar-refractivity contribution in [2.75, 3.05) is 6.54 Å². The summed E-state index contributed by atoms with van der Waals surface area (Å²) in [5, 5.41) is 8.63. The summed E-state index contributed by atoms with van der Waals surface area (Å²) in [5.41, 5.74) is -0.00160. The van der Waals surface area contributed by atoms with Crippen LogP contribution in [0.25, 0.3) is 0 Å². The van der Waals surface area contributed by atoms with Gasteiger partial charge in [-0.15, -0.1) is 0 Å². The smallest absolute Gasteiger partial charge is 0.303 e. The Balaban J connectivity index is 2.03. The van der Waals surface area contributed by atoms with Crippen LogP contribution in [0.3, 0.4) is 0 Å². The molecule has 0 amide bonds. The first-order valence-corrected chi connectivity index (χ1v) is 4.56. The van der Waals surface area contributed by atoms with E-state index in [0.29, 0.717) is 6.42 Å². The lowest BCUT2D eigenvalue weighted by Gasteiger charge is -2.32. The topological polar surface area (TPSA) is 40.5 Å². The summed E-state index contributed by atoms with van der Waals surface area (Å²) >= 11 is 0. The van der Waals surface area contributed by atoms with Gasteiger partial charge < -0.3 is 10.0 Å². The molecule has 13 heavy (non-hydrogen) atoms. The SMILES string of the molecule is O=C(O)CCC12C=CCN1C=CC2. The number of hydrogen-bond acceptors (Lipinski definition) is 2. The van der Waals surface area contributed by atoms with Crippen molar-refractivity contribution in [2.24, 2.45) is 0 Å². The highest BCUT2D eigenvalue weighted by Crippen LogP contribution is 2.36. The number of hydrogen-bond donors (Lipinski definition) is 1. The van der Waals surface area contributed by atoms with Gasteiger partial charge in [-0.1, -0.05) is 18.2 Å². The molecule has 3 heteroatoms. The second-order valence-corrected chi connectivity index (χ2v) is 3.64. The van der Waals surface area contributed by atoms with Crippen LogP contribution >= 0.6 is 0 Å². The van der Waals surface area contributed by atoms with Gasteiger partial charge in [-0.3, -0.25) is 4.79 Å². The normalized spacial score (nSPS) is 29.7.